The number of alkyl halides is 2. The molecule has 11 heteroatoms. The number of hydrogen-bond acceptors (Lipinski definition) is 6. The summed E-state index contributed by atoms with van der Waals surface area (Å²) in [5, 5.41) is 2.43. The molecular weight excluding hydrogens is 372 g/mol. The highest BCUT2D eigenvalue weighted by Gasteiger charge is 2.35. The third-order valence-electron chi connectivity index (χ3n) is 3.25. The Labute approximate surface area is 151 Å². The molecule has 1 aliphatic rings. The van der Waals surface area contributed by atoms with E-state index >= 15 is 0 Å². The largest absolute Gasteiger partial charge is 0.454 e. The Balaban J connectivity index is 1.77. The number of urea groups is 1. The van der Waals surface area contributed by atoms with Crippen LogP contribution in [0.3, 0.4) is 0 Å². The van der Waals surface area contributed by atoms with E-state index in [4.69, 9.17) is 4.74 Å². The number of anilines is 1. The molecule has 1 N–H and O–H groups in total. The summed E-state index contributed by atoms with van der Waals surface area (Å²) < 4.78 is 29.2. The van der Waals surface area contributed by atoms with Gasteiger partial charge in [-0.15, -0.1) is 0 Å². The van der Waals surface area contributed by atoms with Crippen molar-refractivity contribution >= 4 is 41.3 Å². The SMILES string of the molecule is CN1CC(=O)N(CC(=O)OCC(=O)Nc2ccc(SC(F)F)cc2)C1=O. The lowest BCUT2D eigenvalue weighted by atomic mass is 10.3. The fourth-order valence-electron chi connectivity index (χ4n) is 2.06. The van der Waals surface area contributed by atoms with Crippen LogP contribution in [0.1, 0.15) is 0 Å². The zero-order valence-electron chi connectivity index (χ0n) is 13.6. The molecule has 0 bridgehead atoms. The number of halogens is 2. The number of benzene rings is 1. The van der Waals surface area contributed by atoms with Crippen LogP contribution in [-0.4, -0.2) is 66.1 Å². The number of nitrogens with zero attached hydrogens (tertiary/aromatic N) is 2. The first kappa shape index (κ1) is 19.6. The number of ether oxygens (including phenoxy) is 1. The van der Waals surface area contributed by atoms with E-state index in [1.807, 2.05) is 0 Å². The Morgan fingerprint density at radius 1 is 1.27 bits per heavy atom. The molecule has 1 saturated heterocycles. The standard InChI is InChI=1S/C15H15F2N3O5S/c1-19-6-12(22)20(15(19)24)7-13(23)25-8-11(21)18-9-2-4-10(5-3-9)26-14(16)17/h2-5,14H,6-8H2,1H3,(H,18,21). The lowest BCUT2D eigenvalue weighted by Crippen LogP contribution is -2.37. The summed E-state index contributed by atoms with van der Waals surface area (Å²) in [7, 11) is 1.42. The highest BCUT2D eigenvalue weighted by molar-refractivity contribution is 7.99. The third kappa shape index (κ3) is 5.41. The van der Waals surface area contributed by atoms with Gasteiger partial charge in [0.25, 0.3) is 17.6 Å². The summed E-state index contributed by atoms with van der Waals surface area (Å²) in [4.78, 5) is 48.8. The minimum absolute atomic E-state index is 0.119. The van der Waals surface area contributed by atoms with Crippen molar-refractivity contribution in [3.8, 4) is 0 Å². The van der Waals surface area contributed by atoms with Gasteiger partial charge in [0, 0.05) is 17.6 Å². The minimum atomic E-state index is -2.54. The monoisotopic (exact) mass is 387 g/mol. The summed E-state index contributed by atoms with van der Waals surface area (Å²) in [6.45, 7) is -1.31. The molecular formula is C15H15F2N3O5S. The van der Waals surface area contributed by atoms with Crippen molar-refractivity contribution in [3.05, 3.63) is 24.3 Å². The average molecular weight is 387 g/mol. The van der Waals surface area contributed by atoms with Gasteiger partial charge in [0.05, 0.1) is 0 Å². The van der Waals surface area contributed by atoms with Crippen molar-refractivity contribution in [2.45, 2.75) is 10.7 Å². The summed E-state index contributed by atoms with van der Waals surface area (Å²) in [6.07, 6.45) is 0. The van der Waals surface area contributed by atoms with E-state index in [0.717, 1.165) is 9.80 Å². The van der Waals surface area contributed by atoms with Crippen molar-refractivity contribution in [2.24, 2.45) is 0 Å². The Hall–Kier alpha value is -2.69. The number of amides is 4. The van der Waals surface area contributed by atoms with Gasteiger partial charge in [0.1, 0.15) is 13.1 Å². The van der Waals surface area contributed by atoms with Gasteiger partial charge in [0.2, 0.25) is 0 Å². The topological polar surface area (TPSA) is 96.0 Å². The molecule has 1 aromatic carbocycles. The Morgan fingerprint density at radius 3 is 2.46 bits per heavy atom. The number of carbonyl (C=O) groups excluding carboxylic acids is 4. The van der Waals surface area contributed by atoms with E-state index in [2.05, 4.69) is 5.32 Å². The van der Waals surface area contributed by atoms with E-state index in [0.29, 0.717) is 22.3 Å². The normalized spacial score (nSPS) is 14.2. The predicted octanol–water partition coefficient (Wildman–Crippen LogP) is 1.38. The van der Waals surface area contributed by atoms with Crippen molar-refractivity contribution in [2.75, 3.05) is 32.1 Å². The van der Waals surface area contributed by atoms with E-state index in [1.165, 1.54) is 31.3 Å². The molecule has 0 spiro atoms. The average Bonchev–Trinajstić information content (AvgIpc) is 2.80. The van der Waals surface area contributed by atoms with Crippen LogP contribution in [-0.2, 0) is 19.1 Å². The molecule has 0 aromatic heterocycles. The molecule has 26 heavy (non-hydrogen) atoms. The second kappa shape index (κ2) is 8.61. The molecule has 0 unspecified atom stereocenters. The molecule has 1 fully saturated rings. The number of imide groups is 1. The van der Waals surface area contributed by atoms with Crippen LogP contribution in [0.5, 0.6) is 0 Å². The molecule has 4 amide bonds. The zero-order valence-corrected chi connectivity index (χ0v) is 14.4. The van der Waals surface area contributed by atoms with Crippen LogP contribution >= 0.6 is 11.8 Å². The van der Waals surface area contributed by atoms with Crippen LogP contribution in [0.2, 0.25) is 0 Å². The summed E-state index contributed by atoms with van der Waals surface area (Å²) in [6, 6.07) is 5.08. The minimum Gasteiger partial charge on any atom is -0.454 e. The maximum Gasteiger partial charge on any atom is 0.327 e. The Morgan fingerprint density at radius 2 is 1.92 bits per heavy atom. The molecule has 140 valence electrons. The summed E-state index contributed by atoms with van der Waals surface area (Å²) >= 11 is 0.377. The number of likely N-dealkylation sites (N-methyl/N-ethyl adjacent to an activating group) is 1. The second-order valence-electron chi connectivity index (χ2n) is 5.23. The first-order valence-electron chi connectivity index (χ1n) is 7.32. The molecule has 0 atom stereocenters. The Kier molecular flexibility index (Phi) is 6.50. The van der Waals surface area contributed by atoms with E-state index < -0.39 is 42.7 Å². The van der Waals surface area contributed by atoms with Gasteiger partial charge in [-0.1, -0.05) is 11.8 Å². The van der Waals surface area contributed by atoms with E-state index in [-0.39, 0.29) is 6.54 Å². The van der Waals surface area contributed by atoms with Gasteiger partial charge in [0.15, 0.2) is 6.61 Å². The Bertz CT molecular complexity index is 714. The quantitative estimate of drug-likeness (QED) is 0.431. The number of esters is 1. The van der Waals surface area contributed by atoms with Crippen LogP contribution in [0.25, 0.3) is 0 Å². The van der Waals surface area contributed by atoms with Crippen LogP contribution in [0.15, 0.2) is 29.2 Å². The highest BCUT2D eigenvalue weighted by Crippen LogP contribution is 2.26. The lowest BCUT2D eigenvalue weighted by molar-refractivity contribution is -0.149. The van der Waals surface area contributed by atoms with Gasteiger partial charge in [-0.05, 0) is 24.3 Å². The number of hydrogen-bond donors (Lipinski definition) is 1. The van der Waals surface area contributed by atoms with Crippen molar-refractivity contribution in [1.82, 2.24) is 9.80 Å². The second-order valence-corrected chi connectivity index (χ2v) is 6.29. The number of nitrogens with one attached hydrogen (secondary N) is 1. The highest BCUT2D eigenvalue weighted by atomic mass is 32.2. The summed E-state index contributed by atoms with van der Waals surface area (Å²) in [5.41, 5.74) is 0.344. The van der Waals surface area contributed by atoms with Crippen molar-refractivity contribution in [1.29, 1.82) is 0 Å². The van der Waals surface area contributed by atoms with Gasteiger partial charge in [-0.3, -0.25) is 19.3 Å². The van der Waals surface area contributed by atoms with Crippen LogP contribution in [0.4, 0.5) is 19.3 Å². The molecule has 1 aromatic rings. The molecule has 0 saturated carbocycles. The van der Waals surface area contributed by atoms with Crippen LogP contribution in [0, 0.1) is 0 Å². The molecule has 2 rings (SSSR count). The van der Waals surface area contributed by atoms with E-state index in [9.17, 15) is 28.0 Å². The smallest absolute Gasteiger partial charge is 0.327 e. The maximum absolute atomic E-state index is 12.2. The molecule has 1 aliphatic heterocycles. The van der Waals surface area contributed by atoms with Crippen molar-refractivity contribution in [3.63, 3.8) is 0 Å². The number of rotatable bonds is 7. The zero-order chi connectivity index (χ0) is 19.3. The van der Waals surface area contributed by atoms with Gasteiger partial charge < -0.3 is 15.0 Å². The fourth-order valence-corrected chi connectivity index (χ4v) is 2.56. The van der Waals surface area contributed by atoms with Crippen molar-refractivity contribution < 1.29 is 32.7 Å². The maximum atomic E-state index is 12.2. The first-order valence-corrected chi connectivity index (χ1v) is 8.20. The fraction of sp³-hybridized carbons (Fsp3) is 0.333. The number of carbonyl (C=O) groups is 4. The molecule has 0 aliphatic carbocycles. The van der Waals surface area contributed by atoms with Gasteiger partial charge in [-0.2, -0.15) is 8.78 Å². The van der Waals surface area contributed by atoms with Gasteiger partial charge >= 0.3 is 12.0 Å². The third-order valence-corrected chi connectivity index (χ3v) is 3.97. The molecule has 8 nitrogen and oxygen atoms in total. The summed E-state index contributed by atoms with van der Waals surface area (Å²) in [5.74, 6) is -4.62. The number of thioether (sulfide) groups is 1. The van der Waals surface area contributed by atoms with Crippen LogP contribution < -0.4 is 5.32 Å². The molecule has 0 radical (unpaired) electrons. The lowest BCUT2D eigenvalue weighted by Gasteiger charge is -2.13. The first-order chi connectivity index (χ1) is 12.3. The van der Waals surface area contributed by atoms with E-state index in [1.54, 1.807) is 0 Å². The van der Waals surface area contributed by atoms with Gasteiger partial charge in [-0.25, -0.2) is 4.79 Å². The predicted molar refractivity (Wildman–Crippen MR) is 87.6 cm³/mol. The molecule has 1 heterocycles.